The minimum atomic E-state index is 1.06. The summed E-state index contributed by atoms with van der Waals surface area (Å²) in [5, 5.41) is 5.97. The normalized spacial score (nSPS) is 10.9. The maximum Gasteiger partial charge on any atom is 0.0464 e. The number of rotatable bonds is 4. The van der Waals surface area contributed by atoms with Crippen LogP contribution in [0, 0.1) is 0 Å². The highest BCUT2D eigenvalue weighted by molar-refractivity contribution is 9.13. The van der Waals surface area contributed by atoms with E-state index < -0.39 is 0 Å². The number of fused-ring (bicyclic) bond motifs is 1. The molecule has 150 valence electrons. The number of nitrogens with one attached hydrogen (secondary N) is 1. The molecule has 31 heavy (non-hydrogen) atoms. The van der Waals surface area contributed by atoms with Gasteiger partial charge in [-0.3, -0.25) is 0 Å². The van der Waals surface area contributed by atoms with Crippen molar-refractivity contribution in [2.24, 2.45) is 0 Å². The molecule has 0 fully saturated rings. The molecular formula is C28H19Br2N. The monoisotopic (exact) mass is 527 g/mol. The molecule has 0 spiro atoms. The molecule has 5 aromatic carbocycles. The third-order valence-electron chi connectivity index (χ3n) is 5.43. The lowest BCUT2D eigenvalue weighted by Gasteiger charge is -2.15. The van der Waals surface area contributed by atoms with Crippen molar-refractivity contribution in [3.63, 3.8) is 0 Å². The molecule has 0 aromatic heterocycles. The maximum absolute atomic E-state index is 3.86. The molecule has 1 nitrogen and oxygen atoms in total. The predicted octanol–water partition coefficient (Wildman–Crippen LogP) is 9.44. The number of hydrogen-bond donors (Lipinski definition) is 1. The Morgan fingerprint density at radius 3 is 1.84 bits per heavy atom. The summed E-state index contributed by atoms with van der Waals surface area (Å²) in [6, 6.07) is 38.0. The van der Waals surface area contributed by atoms with Gasteiger partial charge < -0.3 is 5.32 Å². The number of anilines is 2. The summed E-state index contributed by atoms with van der Waals surface area (Å²) in [6.07, 6.45) is 0. The van der Waals surface area contributed by atoms with E-state index in [-0.39, 0.29) is 0 Å². The Morgan fingerprint density at radius 1 is 0.452 bits per heavy atom. The van der Waals surface area contributed by atoms with E-state index in [2.05, 4.69) is 122 Å². The van der Waals surface area contributed by atoms with Crippen LogP contribution in [0.25, 0.3) is 33.0 Å². The van der Waals surface area contributed by atoms with Gasteiger partial charge in [0.25, 0.3) is 0 Å². The summed E-state index contributed by atoms with van der Waals surface area (Å²) < 4.78 is 2.12. The number of para-hydroxylation sites is 1. The van der Waals surface area contributed by atoms with Gasteiger partial charge in [-0.2, -0.15) is 0 Å². The molecule has 0 unspecified atom stereocenters. The molecule has 0 saturated carbocycles. The van der Waals surface area contributed by atoms with Gasteiger partial charge in [-0.25, -0.2) is 0 Å². The molecule has 5 rings (SSSR count). The summed E-state index contributed by atoms with van der Waals surface area (Å²) in [5.74, 6) is 0. The van der Waals surface area contributed by atoms with Crippen molar-refractivity contribution in [3.05, 3.63) is 118 Å². The molecular weight excluding hydrogens is 510 g/mol. The fourth-order valence-electron chi connectivity index (χ4n) is 3.93. The Bertz CT molecular complexity index is 1360. The van der Waals surface area contributed by atoms with Gasteiger partial charge in [-0.1, -0.05) is 91.0 Å². The van der Waals surface area contributed by atoms with E-state index in [0.29, 0.717) is 0 Å². The summed E-state index contributed by atoms with van der Waals surface area (Å²) in [5.41, 5.74) is 6.89. The lowest BCUT2D eigenvalue weighted by molar-refractivity contribution is 1.53. The van der Waals surface area contributed by atoms with Crippen LogP contribution in [-0.4, -0.2) is 0 Å². The van der Waals surface area contributed by atoms with E-state index in [0.717, 1.165) is 25.9 Å². The minimum absolute atomic E-state index is 1.06. The van der Waals surface area contributed by atoms with Gasteiger partial charge in [0.2, 0.25) is 0 Å². The topological polar surface area (TPSA) is 12.0 Å². The quantitative estimate of drug-likeness (QED) is 0.245. The molecule has 0 heterocycles. The van der Waals surface area contributed by atoms with Gasteiger partial charge in [0.1, 0.15) is 0 Å². The molecule has 0 aliphatic rings. The van der Waals surface area contributed by atoms with Crippen molar-refractivity contribution < 1.29 is 0 Å². The highest BCUT2D eigenvalue weighted by atomic mass is 79.9. The zero-order chi connectivity index (χ0) is 21.2. The smallest absolute Gasteiger partial charge is 0.0464 e. The standard InChI is InChI=1S/C28H19Br2N/c29-27-21(19-9-3-1-4-10-19)17-18-25(28(27)30)23-13-7-15-24-22(23)14-8-16-26(24)31-20-11-5-2-6-12-20/h1-18,31H. The van der Waals surface area contributed by atoms with E-state index in [1.807, 2.05) is 24.3 Å². The summed E-state index contributed by atoms with van der Waals surface area (Å²) in [4.78, 5) is 0. The molecule has 0 amide bonds. The molecule has 5 aromatic rings. The van der Waals surface area contributed by atoms with E-state index in [1.165, 1.54) is 27.5 Å². The molecule has 1 N–H and O–H groups in total. The van der Waals surface area contributed by atoms with Crippen molar-refractivity contribution in [3.8, 4) is 22.3 Å². The first-order chi connectivity index (χ1) is 15.2. The lowest BCUT2D eigenvalue weighted by Crippen LogP contribution is -1.92. The van der Waals surface area contributed by atoms with Gasteiger partial charge >= 0.3 is 0 Å². The van der Waals surface area contributed by atoms with Crippen LogP contribution in [0.15, 0.2) is 118 Å². The van der Waals surface area contributed by atoms with E-state index in [4.69, 9.17) is 0 Å². The third-order valence-corrected chi connectivity index (χ3v) is 7.61. The molecule has 0 aliphatic heterocycles. The molecule has 0 atom stereocenters. The van der Waals surface area contributed by atoms with Crippen LogP contribution in [0.2, 0.25) is 0 Å². The van der Waals surface area contributed by atoms with Gasteiger partial charge in [0.15, 0.2) is 0 Å². The van der Waals surface area contributed by atoms with E-state index >= 15 is 0 Å². The molecule has 0 radical (unpaired) electrons. The van der Waals surface area contributed by atoms with Crippen LogP contribution < -0.4 is 5.32 Å². The van der Waals surface area contributed by atoms with Crippen LogP contribution in [0.3, 0.4) is 0 Å². The van der Waals surface area contributed by atoms with Gasteiger partial charge in [-0.15, -0.1) is 0 Å². The van der Waals surface area contributed by atoms with Crippen LogP contribution in [0.4, 0.5) is 11.4 Å². The van der Waals surface area contributed by atoms with Crippen LogP contribution >= 0.6 is 31.9 Å². The van der Waals surface area contributed by atoms with Crippen molar-refractivity contribution in [1.82, 2.24) is 0 Å². The Morgan fingerprint density at radius 2 is 1.06 bits per heavy atom. The molecule has 0 aliphatic carbocycles. The predicted molar refractivity (Wildman–Crippen MR) is 140 cm³/mol. The lowest BCUT2D eigenvalue weighted by atomic mass is 9.95. The maximum atomic E-state index is 3.86. The molecule has 0 saturated heterocycles. The average Bonchev–Trinajstić information content (AvgIpc) is 2.82. The summed E-state index contributed by atoms with van der Waals surface area (Å²) in [6.45, 7) is 0. The largest absolute Gasteiger partial charge is 0.355 e. The van der Waals surface area contributed by atoms with Crippen molar-refractivity contribution in [1.29, 1.82) is 0 Å². The average molecular weight is 529 g/mol. The van der Waals surface area contributed by atoms with Crippen LogP contribution in [0.5, 0.6) is 0 Å². The van der Waals surface area contributed by atoms with E-state index in [1.54, 1.807) is 0 Å². The summed E-state index contributed by atoms with van der Waals surface area (Å²) in [7, 11) is 0. The Hall–Kier alpha value is -2.88. The second-order valence-electron chi connectivity index (χ2n) is 7.35. The van der Waals surface area contributed by atoms with Crippen molar-refractivity contribution in [2.45, 2.75) is 0 Å². The van der Waals surface area contributed by atoms with Crippen LogP contribution in [-0.2, 0) is 0 Å². The first-order valence-electron chi connectivity index (χ1n) is 10.1. The fourth-order valence-corrected chi connectivity index (χ4v) is 5.06. The van der Waals surface area contributed by atoms with Crippen LogP contribution in [0.1, 0.15) is 0 Å². The van der Waals surface area contributed by atoms with Gasteiger partial charge in [-0.05, 0) is 77.7 Å². The Kier molecular flexibility index (Phi) is 5.63. The number of benzene rings is 5. The Labute approximate surface area is 199 Å². The first kappa shape index (κ1) is 20.0. The zero-order valence-electron chi connectivity index (χ0n) is 16.6. The second-order valence-corrected chi connectivity index (χ2v) is 8.94. The van der Waals surface area contributed by atoms with Crippen molar-refractivity contribution >= 4 is 54.0 Å². The fraction of sp³-hybridized carbons (Fsp3) is 0. The van der Waals surface area contributed by atoms with E-state index in [9.17, 15) is 0 Å². The highest BCUT2D eigenvalue weighted by Gasteiger charge is 2.14. The molecule has 0 bridgehead atoms. The summed E-state index contributed by atoms with van der Waals surface area (Å²) >= 11 is 7.69. The van der Waals surface area contributed by atoms with Gasteiger partial charge in [0, 0.05) is 25.7 Å². The zero-order valence-corrected chi connectivity index (χ0v) is 19.8. The van der Waals surface area contributed by atoms with Gasteiger partial charge in [0.05, 0.1) is 0 Å². The Balaban J connectivity index is 1.63. The molecule has 3 heteroatoms. The third kappa shape index (κ3) is 3.91. The number of halogens is 2. The number of hydrogen-bond acceptors (Lipinski definition) is 1. The second kappa shape index (κ2) is 8.70. The minimum Gasteiger partial charge on any atom is -0.355 e. The first-order valence-corrected chi connectivity index (χ1v) is 11.7. The van der Waals surface area contributed by atoms with Crippen molar-refractivity contribution in [2.75, 3.05) is 5.32 Å². The highest BCUT2D eigenvalue weighted by Crippen LogP contribution is 2.43. The SMILES string of the molecule is Brc1c(-c2ccccc2)ccc(-c2cccc3c(Nc4ccccc4)cccc23)c1Br.